The summed E-state index contributed by atoms with van der Waals surface area (Å²) in [5, 5.41) is 3.98. The Morgan fingerprint density at radius 1 is 1.91 bits per heavy atom. The van der Waals surface area contributed by atoms with E-state index in [4.69, 9.17) is 12.2 Å². The minimum absolute atomic E-state index is 0.377. The summed E-state index contributed by atoms with van der Waals surface area (Å²) < 4.78 is 2.51. The summed E-state index contributed by atoms with van der Waals surface area (Å²) in [6.45, 7) is 0. The Hall–Kier alpha value is -0.790. The van der Waals surface area contributed by atoms with E-state index in [2.05, 4.69) is 26.9 Å². The van der Waals surface area contributed by atoms with Crippen molar-refractivity contribution in [1.29, 1.82) is 0 Å². The topological polar surface area (TPSA) is 43.8 Å². The van der Waals surface area contributed by atoms with Gasteiger partial charge in [0.05, 0.1) is 12.2 Å². The molecule has 1 atom stereocenters. The molecule has 0 aliphatic heterocycles. The number of halogens is 1. The van der Waals surface area contributed by atoms with Gasteiger partial charge in [0.25, 0.3) is 0 Å². The van der Waals surface area contributed by atoms with Crippen LogP contribution < -0.4 is 5.73 Å². The maximum atomic E-state index is 5.59. The lowest BCUT2D eigenvalue weighted by Crippen LogP contribution is -2.07. The van der Waals surface area contributed by atoms with Crippen LogP contribution in [0.3, 0.4) is 0 Å². The van der Waals surface area contributed by atoms with Crippen LogP contribution in [0.5, 0.6) is 0 Å². The number of nitrogens with zero attached hydrogens (tertiary/aromatic N) is 2. The average molecular weight is 214 g/mol. The third-order valence-corrected chi connectivity index (χ3v) is 2.38. The van der Waals surface area contributed by atoms with E-state index in [-0.39, 0.29) is 6.04 Å². The zero-order valence-electron chi connectivity index (χ0n) is 6.08. The Morgan fingerprint density at radius 2 is 2.55 bits per heavy atom. The van der Waals surface area contributed by atoms with Gasteiger partial charge >= 0.3 is 0 Å². The van der Waals surface area contributed by atoms with Gasteiger partial charge in [0.2, 0.25) is 0 Å². The number of terminal acetylenes is 1. The lowest BCUT2D eigenvalue weighted by Gasteiger charge is -2.00. The number of hydrogen-bond acceptors (Lipinski definition) is 2. The van der Waals surface area contributed by atoms with Gasteiger partial charge in [-0.2, -0.15) is 5.10 Å². The molecule has 11 heavy (non-hydrogen) atoms. The number of aromatic nitrogens is 2. The first-order valence-electron chi connectivity index (χ1n) is 3.06. The van der Waals surface area contributed by atoms with Crippen LogP contribution in [0.2, 0.25) is 0 Å². The molecule has 0 saturated heterocycles. The van der Waals surface area contributed by atoms with Gasteiger partial charge < -0.3 is 5.73 Å². The van der Waals surface area contributed by atoms with E-state index in [1.54, 1.807) is 10.9 Å². The van der Waals surface area contributed by atoms with Crippen LogP contribution in [-0.4, -0.2) is 9.78 Å². The Kier molecular flexibility index (Phi) is 2.32. The summed E-state index contributed by atoms with van der Waals surface area (Å²) in [6, 6.07) is -0.377. The van der Waals surface area contributed by atoms with Gasteiger partial charge in [0.15, 0.2) is 0 Å². The van der Waals surface area contributed by atoms with Crippen molar-refractivity contribution < 1.29 is 0 Å². The number of hydrogen-bond donors (Lipinski definition) is 1. The van der Waals surface area contributed by atoms with E-state index in [0.717, 1.165) is 10.2 Å². The molecule has 0 aliphatic rings. The van der Waals surface area contributed by atoms with Crippen LogP contribution in [0, 0.1) is 12.3 Å². The zero-order valence-corrected chi connectivity index (χ0v) is 7.67. The van der Waals surface area contributed by atoms with Crippen LogP contribution in [0.15, 0.2) is 10.8 Å². The second-order valence-corrected chi connectivity index (χ2v) is 2.91. The fraction of sp³-hybridized carbons (Fsp3) is 0.286. The summed E-state index contributed by atoms with van der Waals surface area (Å²) >= 11 is 3.32. The van der Waals surface area contributed by atoms with E-state index < -0.39 is 0 Å². The average Bonchev–Trinajstić information content (AvgIpc) is 2.32. The Morgan fingerprint density at radius 3 is 2.91 bits per heavy atom. The van der Waals surface area contributed by atoms with Gasteiger partial charge in [0, 0.05) is 12.6 Å². The molecule has 1 aromatic rings. The Balaban J connectivity index is 3.07. The SMILES string of the molecule is C#CC(N)c1cnn(C)c1Br. The summed E-state index contributed by atoms with van der Waals surface area (Å²) in [5.74, 6) is 2.43. The van der Waals surface area contributed by atoms with E-state index in [0.29, 0.717) is 0 Å². The molecule has 1 aromatic heterocycles. The number of rotatable bonds is 1. The maximum Gasteiger partial charge on any atom is 0.109 e. The first-order valence-corrected chi connectivity index (χ1v) is 3.85. The molecule has 4 heteroatoms. The number of aryl methyl sites for hydroxylation is 1. The first kappa shape index (κ1) is 8.31. The minimum Gasteiger partial charge on any atom is -0.314 e. The van der Waals surface area contributed by atoms with Crippen molar-refractivity contribution in [3.05, 3.63) is 16.4 Å². The highest BCUT2D eigenvalue weighted by molar-refractivity contribution is 9.10. The van der Waals surface area contributed by atoms with Crippen molar-refractivity contribution >= 4 is 15.9 Å². The fourth-order valence-electron chi connectivity index (χ4n) is 0.738. The summed E-state index contributed by atoms with van der Waals surface area (Å²) in [7, 11) is 1.82. The zero-order chi connectivity index (χ0) is 8.43. The van der Waals surface area contributed by atoms with Gasteiger partial charge in [-0.05, 0) is 15.9 Å². The van der Waals surface area contributed by atoms with E-state index in [1.807, 2.05) is 7.05 Å². The van der Waals surface area contributed by atoms with Crippen LogP contribution in [0.4, 0.5) is 0 Å². The smallest absolute Gasteiger partial charge is 0.109 e. The largest absolute Gasteiger partial charge is 0.314 e. The molecular formula is C7H8BrN3. The molecule has 0 spiro atoms. The highest BCUT2D eigenvalue weighted by Gasteiger charge is 2.10. The summed E-state index contributed by atoms with van der Waals surface area (Å²) in [4.78, 5) is 0. The first-order chi connectivity index (χ1) is 5.16. The van der Waals surface area contributed by atoms with E-state index in [1.165, 1.54) is 0 Å². The number of nitrogens with two attached hydrogens (primary N) is 1. The molecule has 0 fully saturated rings. The molecule has 2 N–H and O–H groups in total. The molecule has 3 nitrogen and oxygen atoms in total. The van der Waals surface area contributed by atoms with Crippen LogP contribution in [-0.2, 0) is 7.05 Å². The lowest BCUT2D eigenvalue weighted by molar-refractivity contribution is 0.746. The van der Waals surface area contributed by atoms with Crippen molar-refractivity contribution in [2.24, 2.45) is 12.8 Å². The fourth-order valence-corrected chi connectivity index (χ4v) is 1.18. The van der Waals surface area contributed by atoms with Crippen molar-refractivity contribution in [2.75, 3.05) is 0 Å². The maximum absolute atomic E-state index is 5.59. The monoisotopic (exact) mass is 213 g/mol. The molecule has 1 rings (SSSR count). The van der Waals surface area contributed by atoms with Crippen LogP contribution >= 0.6 is 15.9 Å². The quantitative estimate of drug-likeness (QED) is 0.703. The molecule has 0 aromatic carbocycles. The highest BCUT2D eigenvalue weighted by atomic mass is 79.9. The van der Waals surface area contributed by atoms with Gasteiger partial charge in [-0.25, -0.2) is 0 Å². The lowest BCUT2D eigenvalue weighted by atomic mass is 10.2. The molecular weight excluding hydrogens is 206 g/mol. The molecule has 58 valence electrons. The molecule has 0 saturated carbocycles. The predicted molar refractivity (Wildman–Crippen MR) is 46.7 cm³/mol. The van der Waals surface area contributed by atoms with Gasteiger partial charge in [-0.3, -0.25) is 4.68 Å². The molecule has 1 heterocycles. The normalized spacial score (nSPS) is 12.5. The molecule has 0 aliphatic carbocycles. The third kappa shape index (κ3) is 1.44. The second kappa shape index (κ2) is 3.07. The van der Waals surface area contributed by atoms with Crippen molar-refractivity contribution in [3.8, 4) is 12.3 Å². The van der Waals surface area contributed by atoms with Crippen molar-refractivity contribution in [2.45, 2.75) is 6.04 Å². The Labute approximate surface area is 73.7 Å². The highest BCUT2D eigenvalue weighted by Crippen LogP contribution is 2.19. The summed E-state index contributed by atoms with van der Waals surface area (Å²) in [6.07, 6.45) is 6.81. The van der Waals surface area contributed by atoms with Crippen molar-refractivity contribution in [3.63, 3.8) is 0 Å². The van der Waals surface area contributed by atoms with Crippen LogP contribution in [0.1, 0.15) is 11.6 Å². The molecule has 1 unspecified atom stereocenters. The van der Waals surface area contributed by atoms with Crippen LogP contribution in [0.25, 0.3) is 0 Å². The standard InChI is InChI=1S/C7H8BrN3/c1-3-6(9)5-4-10-11(2)7(5)8/h1,4,6H,9H2,2H3. The van der Waals surface area contributed by atoms with Crippen molar-refractivity contribution in [1.82, 2.24) is 9.78 Å². The molecule has 0 amide bonds. The van der Waals surface area contributed by atoms with E-state index in [9.17, 15) is 0 Å². The van der Waals surface area contributed by atoms with Gasteiger partial charge in [-0.15, -0.1) is 6.42 Å². The minimum atomic E-state index is -0.377. The Bertz CT molecular complexity index is 297. The molecule has 0 radical (unpaired) electrons. The summed E-state index contributed by atoms with van der Waals surface area (Å²) in [5.41, 5.74) is 6.43. The van der Waals surface area contributed by atoms with E-state index >= 15 is 0 Å². The molecule has 0 bridgehead atoms. The van der Waals surface area contributed by atoms with Gasteiger partial charge in [0.1, 0.15) is 4.60 Å². The predicted octanol–water partition coefficient (Wildman–Crippen LogP) is 0.816. The second-order valence-electron chi connectivity index (χ2n) is 2.16. The van der Waals surface area contributed by atoms with Gasteiger partial charge in [-0.1, -0.05) is 5.92 Å². The third-order valence-electron chi connectivity index (χ3n) is 1.41.